The third kappa shape index (κ3) is 5.43. The molecule has 174 valence electrons. The lowest BCUT2D eigenvalue weighted by atomic mass is 9.68. The second-order valence-electron chi connectivity index (χ2n) is 10.5. The van der Waals surface area contributed by atoms with Crippen LogP contribution in [0, 0.1) is 35.3 Å². The molecular formula is C30H40F2. The van der Waals surface area contributed by atoms with Crippen LogP contribution in [0.1, 0.15) is 88.7 Å². The van der Waals surface area contributed by atoms with Gasteiger partial charge in [0.1, 0.15) is 0 Å². The van der Waals surface area contributed by atoms with Crippen LogP contribution in [0.2, 0.25) is 0 Å². The predicted molar refractivity (Wildman–Crippen MR) is 132 cm³/mol. The molecule has 2 heteroatoms. The first-order valence-corrected chi connectivity index (χ1v) is 13.1. The van der Waals surface area contributed by atoms with Crippen LogP contribution in [0.15, 0.2) is 36.9 Å². The highest BCUT2D eigenvalue weighted by atomic mass is 19.2. The summed E-state index contributed by atoms with van der Waals surface area (Å²) in [5.74, 6) is 2.27. The van der Waals surface area contributed by atoms with E-state index in [1.54, 1.807) is 6.07 Å². The lowest BCUT2D eigenvalue weighted by molar-refractivity contribution is 0.141. The first-order chi connectivity index (χ1) is 15.6. The van der Waals surface area contributed by atoms with Crippen LogP contribution in [0.3, 0.4) is 0 Å². The Kier molecular flexibility index (Phi) is 8.02. The molecule has 2 fully saturated rings. The molecule has 0 aromatic heterocycles. The van der Waals surface area contributed by atoms with Gasteiger partial charge in [0, 0.05) is 5.39 Å². The van der Waals surface area contributed by atoms with E-state index in [1.165, 1.54) is 70.6 Å². The largest absolute Gasteiger partial charge is 0.203 e. The highest BCUT2D eigenvalue weighted by Gasteiger charge is 2.30. The molecule has 0 heterocycles. The van der Waals surface area contributed by atoms with Gasteiger partial charge in [-0.2, -0.15) is 0 Å². The summed E-state index contributed by atoms with van der Waals surface area (Å²) in [6.45, 7) is 5.73. The SMILES string of the molecule is C=CCCC1CCC(C2CCC(CCc3ccc4cc(CC)c(F)c(F)c4c3)CC2)CC1. The van der Waals surface area contributed by atoms with Crippen molar-refractivity contribution in [2.24, 2.45) is 23.7 Å². The zero-order valence-corrected chi connectivity index (χ0v) is 19.9. The van der Waals surface area contributed by atoms with Gasteiger partial charge < -0.3 is 0 Å². The highest BCUT2D eigenvalue weighted by Crippen LogP contribution is 2.43. The number of halogens is 2. The van der Waals surface area contributed by atoms with Gasteiger partial charge in [-0.15, -0.1) is 6.58 Å². The zero-order chi connectivity index (χ0) is 22.5. The van der Waals surface area contributed by atoms with Crippen molar-refractivity contribution >= 4 is 10.8 Å². The Labute approximate surface area is 193 Å². The summed E-state index contributed by atoms with van der Waals surface area (Å²) in [6, 6.07) is 7.75. The fourth-order valence-corrected chi connectivity index (χ4v) is 6.46. The van der Waals surface area contributed by atoms with Gasteiger partial charge in [0.25, 0.3) is 0 Å². The lowest BCUT2D eigenvalue weighted by Gasteiger charge is -2.38. The number of hydrogen-bond donors (Lipinski definition) is 0. The zero-order valence-electron chi connectivity index (χ0n) is 19.9. The van der Waals surface area contributed by atoms with E-state index in [4.69, 9.17) is 0 Å². The van der Waals surface area contributed by atoms with Crippen molar-refractivity contribution in [3.05, 3.63) is 59.7 Å². The van der Waals surface area contributed by atoms with Crippen molar-refractivity contribution in [3.8, 4) is 0 Å². The number of benzene rings is 2. The summed E-state index contributed by atoms with van der Waals surface area (Å²) in [5.41, 5.74) is 1.60. The molecule has 2 aromatic carbocycles. The molecule has 0 atom stereocenters. The molecule has 0 aliphatic heterocycles. The molecule has 32 heavy (non-hydrogen) atoms. The van der Waals surface area contributed by atoms with Gasteiger partial charge in [0.2, 0.25) is 0 Å². The molecule has 2 aliphatic carbocycles. The number of hydrogen-bond acceptors (Lipinski definition) is 0. The summed E-state index contributed by atoms with van der Waals surface area (Å²) >= 11 is 0. The fourth-order valence-electron chi connectivity index (χ4n) is 6.46. The molecule has 2 aromatic rings. The van der Waals surface area contributed by atoms with Crippen molar-refractivity contribution in [2.75, 3.05) is 0 Å². The van der Waals surface area contributed by atoms with E-state index in [1.807, 2.05) is 19.1 Å². The van der Waals surface area contributed by atoms with Gasteiger partial charge in [-0.3, -0.25) is 0 Å². The molecule has 0 nitrogen and oxygen atoms in total. The van der Waals surface area contributed by atoms with Gasteiger partial charge >= 0.3 is 0 Å². The first kappa shape index (κ1) is 23.5. The standard InChI is InChI=1S/C30H40F2/c1-3-5-6-21-9-14-25(15-10-21)26-16-11-22(12-17-26)7-8-23-13-18-27-20-24(4-2)29(31)30(32)28(27)19-23/h3,13,18-22,25-26H,1,4-12,14-17H2,2H3. The average molecular weight is 439 g/mol. The Balaban J connectivity index is 1.26. The molecule has 2 aliphatic rings. The third-order valence-electron chi connectivity index (χ3n) is 8.61. The third-order valence-corrected chi connectivity index (χ3v) is 8.61. The molecule has 2 saturated carbocycles. The minimum Gasteiger partial charge on any atom is -0.203 e. The number of rotatable bonds is 8. The quantitative estimate of drug-likeness (QED) is 0.360. The van der Waals surface area contributed by atoms with E-state index in [9.17, 15) is 8.78 Å². The summed E-state index contributed by atoms with van der Waals surface area (Å²) in [4.78, 5) is 0. The van der Waals surface area contributed by atoms with Gasteiger partial charge in [-0.05, 0) is 110 Å². The van der Waals surface area contributed by atoms with Crippen LogP contribution < -0.4 is 0 Å². The maximum Gasteiger partial charge on any atom is 0.166 e. The molecule has 0 unspecified atom stereocenters. The van der Waals surface area contributed by atoms with Gasteiger partial charge in [0.05, 0.1) is 0 Å². The molecule has 0 radical (unpaired) electrons. The normalized spacial score (nSPS) is 26.3. The number of allylic oxidation sites excluding steroid dienone is 1. The number of aryl methyl sites for hydroxylation is 2. The van der Waals surface area contributed by atoms with Gasteiger partial charge in [-0.1, -0.05) is 50.8 Å². The summed E-state index contributed by atoms with van der Waals surface area (Å²) in [6.07, 6.45) is 18.5. The topological polar surface area (TPSA) is 0 Å². The minimum atomic E-state index is -0.680. The van der Waals surface area contributed by atoms with Crippen LogP contribution >= 0.6 is 0 Å². The maximum absolute atomic E-state index is 14.5. The maximum atomic E-state index is 14.5. The molecule has 0 spiro atoms. The van der Waals surface area contributed by atoms with Crippen molar-refractivity contribution in [1.29, 1.82) is 0 Å². The Morgan fingerprint density at radius 2 is 1.47 bits per heavy atom. The second-order valence-corrected chi connectivity index (χ2v) is 10.5. The van der Waals surface area contributed by atoms with Crippen LogP contribution in [-0.2, 0) is 12.8 Å². The minimum absolute atomic E-state index is 0.435. The number of fused-ring (bicyclic) bond motifs is 1. The summed E-state index contributed by atoms with van der Waals surface area (Å²) in [7, 11) is 0. The summed E-state index contributed by atoms with van der Waals surface area (Å²) in [5, 5.41) is 1.24. The van der Waals surface area contributed by atoms with Crippen LogP contribution in [-0.4, -0.2) is 0 Å². The van der Waals surface area contributed by atoms with E-state index in [0.29, 0.717) is 17.4 Å². The predicted octanol–water partition coefficient (Wildman–Crippen LogP) is 9.19. The van der Waals surface area contributed by atoms with Crippen molar-refractivity contribution in [2.45, 2.75) is 90.4 Å². The summed E-state index contributed by atoms with van der Waals surface area (Å²) < 4.78 is 28.8. The van der Waals surface area contributed by atoms with Crippen molar-refractivity contribution < 1.29 is 8.78 Å². The molecule has 0 N–H and O–H groups in total. The Bertz CT molecular complexity index is 899. The van der Waals surface area contributed by atoms with Crippen molar-refractivity contribution in [1.82, 2.24) is 0 Å². The van der Waals surface area contributed by atoms with Crippen molar-refractivity contribution in [3.63, 3.8) is 0 Å². The smallest absolute Gasteiger partial charge is 0.166 e. The average Bonchev–Trinajstić information content (AvgIpc) is 2.84. The highest BCUT2D eigenvalue weighted by molar-refractivity contribution is 5.84. The van der Waals surface area contributed by atoms with E-state index in [-0.39, 0.29) is 0 Å². The first-order valence-electron chi connectivity index (χ1n) is 13.1. The molecular weight excluding hydrogens is 398 g/mol. The Morgan fingerprint density at radius 3 is 2.06 bits per heavy atom. The van der Waals surface area contributed by atoms with E-state index in [2.05, 4.69) is 18.7 Å². The molecule has 0 amide bonds. The molecule has 4 rings (SSSR count). The van der Waals surface area contributed by atoms with Crippen LogP contribution in [0.4, 0.5) is 8.78 Å². The molecule has 0 bridgehead atoms. The van der Waals surface area contributed by atoms with E-state index < -0.39 is 11.6 Å². The van der Waals surface area contributed by atoms with Gasteiger partial charge in [-0.25, -0.2) is 8.78 Å². The fraction of sp³-hybridized carbons (Fsp3) is 0.600. The van der Waals surface area contributed by atoms with Gasteiger partial charge in [0.15, 0.2) is 11.6 Å². The Hall–Kier alpha value is -1.70. The lowest BCUT2D eigenvalue weighted by Crippen LogP contribution is -2.26. The van der Waals surface area contributed by atoms with Crippen LogP contribution in [0.25, 0.3) is 10.8 Å². The monoisotopic (exact) mass is 438 g/mol. The Morgan fingerprint density at radius 1 is 0.844 bits per heavy atom. The van der Waals surface area contributed by atoms with E-state index >= 15 is 0 Å². The molecule has 0 saturated heterocycles. The van der Waals surface area contributed by atoms with Crippen LogP contribution in [0.5, 0.6) is 0 Å². The second kappa shape index (κ2) is 10.9. The van der Waals surface area contributed by atoms with E-state index in [0.717, 1.165) is 41.0 Å².